The topological polar surface area (TPSA) is 124 Å². The van der Waals surface area contributed by atoms with Crippen molar-refractivity contribution in [1.82, 2.24) is 10.3 Å². The number of hydrogen-bond acceptors (Lipinski definition) is 7. The van der Waals surface area contributed by atoms with Crippen LogP contribution in [0, 0.1) is 0 Å². The van der Waals surface area contributed by atoms with Crippen molar-refractivity contribution in [2.45, 2.75) is 12.5 Å². The number of amides is 2. The van der Waals surface area contributed by atoms with Crippen LogP contribution in [-0.2, 0) is 14.6 Å². The number of aromatic nitrogens is 1. The summed E-state index contributed by atoms with van der Waals surface area (Å²) in [6, 6.07) is 8.60. The molecule has 0 aliphatic carbocycles. The third-order valence-corrected chi connectivity index (χ3v) is 4.94. The van der Waals surface area contributed by atoms with Crippen molar-refractivity contribution in [1.29, 1.82) is 0 Å². The molecule has 1 aromatic heterocycles. The van der Waals surface area contributed by atoms with E-state index in [0.29, 0.717) is 17.3 Å². The van der Waals surface area contributed by atoms with E-state index in [0.717, 1.165) is 6.26 Å². The van der Waals surface area contributed by atoms with E-state index >= 15 is 0 Å². The first kappa shape index (κ1) is 22.2. The molecule has 2 amide bonds. The molecule has 10 heteroatoms. The van der Waals surface area contributed by atoms with Crippen LogP contribution in [0.2, 0.25) is 0 Å². The van der Waals surface area contributed by atoms with Gasteiger partial charge in [-0.15, -0.1) is 0 Å². The van der Waals surface area contributed by atoms with Gasteiger partial charge in [0.25, 0.3) is 5.91 Å². The van der Waals surface area contributed by atoms with E-state index in [9.17, 15) is 18.0 Å². The Morgan fingerprint density at radius 2 is 1.83 bits per heavy atom. The van der Waals surface area contributed by atoms with Gasteiger partial charge in [0.1, 0.15) is 21.6 Å². The van der Waals surface area contributed by atoms with Crippen LogP contribution in [0.25, 0.3) is 0 Å². The lowest BCUT2D eigenvalue weighted by Gasteiger charge is -2.19. The van der Waals surface area contributed by atoms with Gasteiger partial charge < -0.3 is 20.1 Å². The molecule has 0 aliphatic heterocycles. The maximum absolute atomic E-state index is 12.7. The lowest BCUT2D eigenvalue weighted by Crippen LogP contribution is -2.44. The minimum Gasteiger partial charge on any atom is -0.496 e. The first-order chi connectivity index (χ1) is 13.7. The summed E-state index contributed by atoms with van der Waals surface area (Å²) in [6.07, 6.45) is 2.37. The quantitative estimate of drug-likeness (QED) is 0.625. The molecule has 0 radical (unpaired) electrons. The number of ether oxygens (including phenoxy) is 2. The number of pyridine rings is 1. The van der Waals surface area contributed by atoms with Crippen LogP contribution in [0.4, 0.5) is 5.69 Å². The molecule has 0 fully saturated rings. The highest BCUT2D eigenvalue weighted by atomic mass is 32.2. The Morgan fingerprint density at radius 1 is 1.10 bits per heavy atom. The third-order valence-electron chi connectivity index (χ3n) is 3.96. The van der Waals surface area contributed by atoms with Gasteiger partial charge in [-0.05, 0) is 24.6 Å². The molecule has 1 heterocycles. The summed E-state index contributed by atoms with van der Waals surface area (Å²) in [5.41, 5.74) is 0.616. The second kappa shape index (κ2) is 9.87. The fourth-order valence-corrected chi connectivity index (χ4v) is 3.14. The lowest BCUT2D eigenvalue weighted by molar-refractivity contribution is -0.118. The standard InChI is InChI=1S/C19H23N3O6S/c1-27-16-7-5-4-6-14(16)18(23)22-15(10-11-29(3,25)26)19(24)21-13-8-9-17(28-2)20-12-13/h4-9,12,15H,10-11H2,1-3H3,(H,21,24)(H,22,23)/t15-/m1/s1. The van der Waals surface area contributed by atoms with Gasteiger partial charge in [-0.1, -0.05) is 12.1 Å². The number of sulfone groups is 1. The minimum absolute atomic E-state index is 0.0882. The Balaban J connectivity index is 2.18. The molecule has 156 valence electrons. The molecule has 0 bridgehead atoms. The van der Waals surface area contributed by atoms with E-state index < -0.39 is 27.7 Å². The molecule has 2 rings (SSSR count). The molecular formula is C19H23N3O6S. The maximum atomic E-state index is 12.7. The number of rotatable bonds is 9. The lowest BCUT2D eigenvalue weighted by atomic mass is 10.1. The van der Waals surface area contributed by atoms with Gasteiger partial charge >= 0.3 is 0 Å². The zero-order chi connectivity index (χ0) is 21.4. The van der Waals surface area contributed by atoms with E-state index in [1.807, 2.05) is 0 Å². The average Bonchev–Trinajstić information content (AvgIpc) is 2.70. The molecule has 0 spiro atoms. The minimum atomic E-state index is -3.33. The summed E-state index contributed by atoms with van der Waals surface area (Å²) in [5.74, 6) is -0.668. The van der Waals surface area contributed by atoms with Crippen LogP contribution < -0.4 is 20.1 Å². The molecular weight excluding hydrogens is 398 g/mol. The van der Waals surface area contributed by atoms with Crippen LogP contribution >= 0.6 is 0 Å². The van der Waals surface area contributed by atoms with Crippen molar-refractivity contribution in [3.63, 3.8) is 0 Å². The summed E-state index contributed by atoms with van der Waals surface area (Å²) in [6.45, 7) is 0. The first-order valence-electron chi connectivity index (χ1n) is 8.66. The highest BCUT2D eigenvalue weighted by Gasteiger charge is 2.24. The van der Waals surface area contributed by atoms with Crippen LogP contribution in [0.1, 0.15) is 16.8 Å². The second-order valence-corrected chi connectivity index (χ2v) is 8.48. The molecule has 9 nitrogen and oxygen atoms in total. The van der Waals surface area contributed by atoms with Crippen LogP contribution in [0.3, 0.4) is 0 Å². The summed E-state index contributed by atoms with van der Waals surface area (Å²) in [4.78, 5) is 29.3. The number of nitrogens with zero attached hydrogens (tertiary/aromatic N) is 1. The van der Waals surface area contributed by atoms with Crippen molar-refractivity contribution in [3.8, 4) is 11.6 Å². The second-order valence-electron chi connectivity index (χ2n) is 6.22. The monoisotopic (exact) mass is 421 g/mol. The van der Waals surface area contributed by atoms with Crippen molar-refractivity contribution in [3.05, 3.63) is 48.2 Å². The molecule has 1 atom stereocenters. The van der Waals surface area contributed by atoms with Crippen molar-refractivity contribution >= 4 is 27.3 Å². The predicted molar refractivity (Wildman–Crippen MR) is 108 cm³/mol. The first-order valence-corrected chi connectivity index (χ1v) is 10.7. The molecule has 0 aliphatic rings. The highest BCUT2D eigenvalue weighted by molar-refractivity contribution is 7.90. The molecule has 0 unspecified atom stereocenters. The number of anilines is 1. The normalized spacial score (nSPS) is 12.0. The largest absolute Gasteiger partial charge is 0.496 e. The predicted octanol–water partition coefficient (Wildman–Crippen LogP) is 1.27. The SMILES string of the molecule is COc1ccc(NC(=O)[C@@H](CCS(C)(=O)=O)NC(=O)c2ccccc2OC)cn1. The fraction of sp³-hybridized carbons (Fsp3) is 0.316. The van der Waals surface area contributed by atoms with Crippen LogP contribution in [0.15, 0.2) is 42.6 Å². The van der Waals surface area contributed by atoms with Crippen LogP contribution in [0.5, 0.6) is 11.6 Å². The van der Waals surface area contributed by atoms with E-state index in [1.165, 1.54) is 20.4 Å². The molecule has 0 saturated heterocycles. The summed E-state index contributed by atoms with van der Waals surface area (Å²) in [7, 11) is -0.438. The van der Waals surface area contributed by atoms with Gasteiger partial charge in [0, 0.05) is 12.3 Å². The molecule has 0 saturated carbocycles. The molecule has 2 aromatic rings. The number of nitrogens with one attached hydrogen (secondary N) is 2. The Hall–Kier alpha value is -3.14. The van der Waals surface area contributed by atoms with Gasteiger partial charge in [-0.25, -0.2) is 13.4 Å². The molecule has 1 aromatic carbocycles. The fourth-order valence-electron chi connectivity index (χ4n) is 2.47. The Kier molecular flexibility index (Phi) is 7.54. The number of carbonyl (C=O) groups excluding carboxylic acids is 2. The third kappa shape index (κ3) is 6.75. The van der Waals surface area contributed by atoms with Crippen LogP contribution in [-0.4, -0.2) is 57.5 Å². The van der Waals surface area contributed by atoms with E-state index in [2.05, 4.69) is 15.6 Å². The Labute approximate surface area is 169 Å². The Morgan fingerprint density at radius 3 is 2.41 bits per heavy atom. The zero-order valence-electron chi connectivity index (χ0n) is 16.3. The number of methoxy groups -OCH3 is 2. The van der Waals surface area contributed by atoms with Crippen molar-refractivity contribution < 1.29 is 27.5 Å². The average molecular weight is 421 g/mol. The number of hydrogen-bond donors (Lipinski definition) is 2. The Bertz CT molecular complexity index is 960. The van der Waals surface area contributed by atoms with Gasteiger partial charge in [0.15, 0.2) is 0 Å². The van der Waals surface area contributed by atoms with Gasteiger partial charge in [0.2, 0.25) is 11.8 Å². The highest BCUT2D eigenvalue weighted by Crippen LogP contribution is 2.18. The van der Waals surface area contributed by atoms with Gasteiger partial charge in [-0.2, -0.15) is 0 Å². The molecule has 29 heavy (non-hydrogen) atoms. The summed E-state index contributed by atoms with van der Waals surface area (Å²) < 4.78 is 33.2. The zero-order valence-corrected chi connectivity index (χ0v) is 17.2. The number of carbonyl (C=O) groups is 2. The summed E-state index contributed by atoms with van der Waals surface area (Å²) in [5, 5.41) is 5.20. The molecule has 2 N–H and O–H groups in total. The summed E-state index contributed by atoms with van der Waals surface area (Å²) >= 11 is 0. The van der Waals surface area contributed by atoms with E-state index in [4.69, 9.17) is 9.47 Å². The number of para-hydroxylation sites is 1. The van der Waals surface area contributed by atoms with Crippen molar-refractivity contribution in [2.24, 2.45) is 0 Å². The van der Waals surface area contributed by atoms with E-state index in [1.54, 1.807) is 36.4 Å². The van der Waals surface area contributed by atoms with Gasteiger partial charge in [-0.3, -0.25) is 9.59 Å². The van der Waals surface area contributed by atoms with Gasteiger partial charge in [0.05, 0.1) is 37.4 Å². The maximum Gasteiger partial charge on any atom is 0.255 e. The number of benzene rings is 1. The van der Waals surface area contributed by atoms with Crippen molar-refractivity contribution in [2.75, 3.05) is 31.5 Å². The van der Waals surface area contributed by atoms with E-state index in [-0.39, 0.29) is 17.7 Å². The smallest absolute Gasteiger partial charge is 0.255 e.